The molecule has 0 amide bonds. The van der Waals surface area contributed by atoms with Gasteiger partial charge in [-0.15, -0.1) is 22.7 Å². The van der Waals surface area contributed by atoms with Crippen LogP contribution in [-0.4, -0.2) is 11.5 Å². The monoisotopic (exact) mass is 266 g/mol. The van der Waals surface area contributed by atoms with E-state index in [0.717, 1.165) is 30.2 Å². The molecule has 0 atom stereocenters. The first-order chi connectivity index (χ1) is 8.33. The van der Waals surface area contributed by atoms with Gasteiger partial charge in [-0.2, -0.15) is 0 Å². The molecule has 0 aliphatic rings. The normalized spacial score (nSPS) is 10.9. The molecule has 92 valence electrons. The predicted molar refractivity (Wildman–Crippen MR) is 76.8 cm³/mol. The molecule has 1 N–H and O–H groups in total. The summed E-state index contributed by atoms with van der Waals surface area (Å²) in [5, 5.41) is 6.69. The number of aryl methyl sites for hydroxylation is 1. The highest BCUT2D eigenvalue weighted by Crippen LogP contribution is 2.30. The summed E-state index contributed by atoms with van der Waals surface area (Å²) in [7, 11) is 0. The highest BCUT2D eigenvalue weighted by molar-refractivity contribution is 7.21. The minimum Gasteiger partial charge on any atom is -0.311 e. The van der Waals surface area contributed by atoms with Crippen LogP contribution in [0.1, 0.15) is 30.8 Å². The van der Waals surface area contributed by atoms with Crippen molar-refractivity contribution in [1.82, 2.24) is 10.3 Å². The van der Waals surface area contributed by atoms with Crippen LogP contribution in [-0.2, 0) is 13.0 Å². The van der Waals surface area contributed by atoms with Crippen LogP contribution >= 0.6 is 22.7 Å². The van der Waals surface area contributed by atoms with E-state index < -0.39 is 0 Å². The van der Waals surface area contributed by atoms with E-state index in [4.69, 9.17) is 0 Å². The fourth-order valence-electron chi connectivity index (χ4n) is 1.58. The van der Waals surface area contributed by atoms with Crippen molar-refractivity contribution in [2.45, 2.75) is 33.2 Å². The second-order valence-electron chi connectivity index (χ2n) is 3.94. The first kappa shape index (κ1) is 12.7. The lowest BCUT2D eigenvalue weighted by molar-refractivity contribution is 0.667. The van der Waals surface area contributed by atoms with E-state index in [1.54, 1.807) is 11.3 Å². The number of hydrogen-bond donors (Lipinski definition) is 1. The zero-order chi connectivity index (χ0) is 12.1. The largest absolute Gasteiger partial charge is 0.311 e. The van der Waals surface area contributed by atoms with Gasteiger partial charge >= 0.3 is 0 Å². The van der Waals surface area contributed by atoms with Crippen LogP contribution in [0.15, 0.2) is 17.5 Å². The first-order valence-corrected chi connectivity index (χ1v) is 7.77. The molecule has 0 aliphatic carbocycles. The van der Waals surface area contributed by atoms with Crippen LogP contribution < -0.4 is 5.32 Å². The highest BCUT2D eigenvalue weighted by Gasteiger charge is 2.06. The van der Waals surface area contributed by atoms with E-state index in [9.17, 15) is 0 Å². The van der Waals surface area contributed by atoms with Crippen molar-refractivity contribution in [2.24, 2.45) is 0 Å². The highest BCUT2D eigenvalue weighted by atomic mass is 32.1. The van der Waals surface area contributed by atoms with Gasteiger partial charge in [0.1, 0.15) is 5.01 Å². The minimum atomic E-state index is 0.885. The Bertz CT molecular complexity index is 459. The summed E-state index contributed by atoms with van der Waals surface area (Å²) in [5.41, 5.74) is 1.16. The molecular formula is C13H18N2S2. The summed E-state index contributed by atoms with van der Waals surface area (Å²) in [5.74, 6) is 0. The van der Waals surface area contributed by atoms with Gasteiger partial charge in [-0.25, -0.2) is 4.98 Å². The molecule has 0 aromatic carbocycles. The zero-order valence-corrected chi connectivity index (χ0v) is 12.0. The van der Waals surface area contributed by atoms with Crippen molar-refractivity contribution in [3.63, 3.8) is 0 Å². The summed E-state index contributed by atoms with van der Waals surface area (Å²) >= 11 is 3.60. The smallest absolute Gasteiger partial charge is 0.133 e. The van der Waals surface area contributed by atoms with Crippen LogP contribution in [0.25, 0.3) is 9.88 Å². The third-order valence-electron chi connectivity index (χ3n) is 2.51. The van der Waals surface area contributed by atoms with Gasteiger partial charge in [-0.1, -0.05) is 13.8 Å². The minimum absolute atomic E-state index is 0.885. The quantitative estimate of drug-likeness (QED) is 0.801. The topological polar surface area (TPSA) is 24.9 Å². The summed E-state index contributed by atoms with van der Waals surface area (Å²) in [6, 6.07) is 4.39. The molecule has 0 bridgehead atoms. The Hall–Kier alpha value is -0.710. The second kappa shape index (κ2) is 6.28. The lowest BCUT2D eigenvalue weighted by Gasteiger charge is -1.97. The lowest BCUT2D eigenvalue weighted by Crippen LogP contribution is -2.13. The molecule has 0 fully saturated rings. The van der Waals surface area contributed by atoms with E-state index in [0.29, 0.717) is 0 Å². The van der Waals surface area contributed by atoms with Gasteiger partial charge in [0.2, 0.25) is 0 Å². The second-order valence-corrected chi connectivity index (χ2v) is 5.97. The predicted octanol–water partition coefficient (Wildman–Crippen LogP) is 3.93. The SMILES string of the molecule is CCCNCc1csc(-c2ccc(CC)s2)n1. The summed E-state index contributed by atoms with van der Waals surface area (Å²) in [6.45, 7) is 6.32. The fourth-order valence-corrected chi connectivity index (χ4v) is 3.42. The number of nitrogens with zero attached hydrogens (tertiary/aromatic N) is 1. The number of thiazole rings is 1. The molecule has 0 saturated carbocycles. The molecule has 2 rings (SSSR count). The molecule has 2 aromatic rings. The summed E-state index contributed by atoms with van der Waals surface area (Å²) in [6.07, 6.45) is 2.28. The van der Waals surface area contributed by atoms with Crippen molar-refractivity contribution in [3.05, 3.63) is 28.1 Å². The van der Waals surface area contributed by atoms with Crippen molar-refractivity contribution in [1.29, 1.82) is 0 Å². The lowest BCUT2D eigenvalue weighted by atomic mass is 10.4. The molecule has 4 heteroatoms. The van der Waals surface area contributed by atoms with Crippen LogP contribution in [0.4, 0.5) is 0 Å². The van der Waals surface area contributed by atoms with E-state index in [1.165, 1.54) is 16.2 Å². The number of hydrogen-bond acceptors (Lipinski definition) is 4. The van der Waals surface area contributed by atoms with Gasteiger partial charge in [-0.05, 0) is 31.5 Å². The van der Waals surface area contributed by atoms with E-state index >= 15 is 0 Å². The van der Waals surface area contributed by atoms with Crippen LogP contribution in [0, 0.1) is 0 Å². The molecule has 2 nitrogen and oxygen atoms in total. The molecular weight excluding hydrogens is 248 g/mol. The Labute approximate surface area is 111 Å². The molecule has 0 spiro atoms. The van der Waals surface area contributed by atoms with Crippen molar-refractivity contribution in [2.75, 3.05) is 6.54 Å². The van der Waals surface area contributed by atoms with Gasteiger partial charge in [0, 0.05) is 16.8 Å². The molecule has 17 heavy (non-hydrogen) atoms. The van der Waals surface area contributed by atoms with Gasteiger partial charge < -0.3 is 5.32 Å². The summed E-state index contributed by atoms with van der Waals surface area (Å²) < 4.78 is 0. The van der Waals surface area contributed by atoms with Crippen LogP contribution in [0.2, 0.25) is 0 Å². The zero-order valence-electron chi connectivity index (χ0n) is 10.3. The van der Waals surface area contributed by atoms with E-state index in [2.05, 4.69) is 41.7 Å². The maximum atomic E-state index is 4.67. The van der Waals surface area contributed by atoms with Crippen LogP contribution in [0.5, 0.6) is 0 Å². The molecule has 0 radical (unpaired) electrons. The van der Waals surface area contributed by atoms with E-state index in [1.807, 2.05) is 11.3 Å². The Kier molecular flexibility index (Phi) is 4.71. The molecule has 0 saturated heterocycles. The maximum absolute atomic E-state index is 4.67. The van der Waals surface area contributed by atoms with Gasteiger partial charge in [0.25, 0.3) is 0 Å². The Morgan fingerprint density at radius 2 is 2.18 bits per heavy atom. The molecule has 0 aliphatic heterocycles. The molecule has 2 aromatic heterocycles. The summed E-state index contributed by atoms with van der Waals surface area (Å²) in [4.78, 5) is 7.40. The van der Waals surface area contributed by atoms with Gasteiger partial charge in [0.15, 0.2) is 0 Å². The average Bonchev–Trinajstić information content (AvgIpc) is 2.97. The Morgan fingerprint density at radius 3 is 2.88 bits per heavy atom. The van der Waals surface area contributed by atoms with Crippen molar-refractivity contribution < 1.29 is 0 Å². The molecule has 0 unspecified atom stereocenters. The number of rotatable bonds is 6. The van der Waals surface area contributed by atoms with Crippen molar-refractivity contribution in [3.8, 4) is 9.88 Å². The molecule has 2 heterocycles. The van der Waals surface area contributed by atoms with E-state index in [-0.39, 0.29) is 0 Å². The van der Waals surface area contributed by atoms with Crippen LogP contribution in [0.3, 0.4) is 0 Å². The first-order valence-electron chi connectivity index (χ1n) is 6.07. The Morgan fingerprint density at radius 1 is 1.29 bits per heavy atom. The average molecular weight is 266 g/mol. The maximum Gasteiger partial charge on any atom is 0.133 e. The fraction of sp³-hybridized carbons (Fsp3) is 0.462. The van der Waals surface area contributed by atoms with Gasteiger partial charge in [0.05, 0.1) is 10.6 Å². The third kappa shape index (κ3) is 3.37. The number of thiophene rings is 1. The number of aromatic nitrogens is 1. The van der Waals surface area contributed by atoms with Crippen molar-refractivity contribution >= 4 is 22.7 Å². The van der Waals surface area contributed by atoms with Gasteiger partial charge in [-0.3, -0.25) is 0 Å². The third-order valence-corrected chi connectivity index (χ3v) is 4.80. The standard InChI is InChI=1S/C13H18N2S2/c1-3-7-14-8-10-9-16-13(15-10)12-6-5-11(4-2)17-12/h5-6,9,14H,3-4,7-8H2,1-2H3. The number of nitrogens with one attached hydrogen (secondary N) is 1. The Balaban J connectivity index is 2.02.